The third kappa shape index (κ3) is 6.19. The largest absolute Gasteiger partial charge is 0.356 e. The number of anilines is 1. The fourth-order valence-electron chi connectivity index (χ4n) is 3.40. The maximum Gasteiger partial charge on any atom is 0.251 e. The average Bonchev–Trinajstić information content (AvgIpc) is 2.74. The number of nitrogens with one attached hydrogen (secondary N) is 4. The Hall–Kier alpha value is -2.62. The zero-order valence-electron chi connectivity index (χ0n) is 17.2. The zero-order chi connectivity index (χ0) is 20.6. The van der Waals surface area contributed by atoms with Crippen molar-refractivity contribution >= 4 is 47.4 Å². The Bertz CT molecular complexity index is 916. The van der Waals surface area contributed by atoms with Gasteiger partial charge < -0.3 is 21.3 Å². The molecule has 0 aliphatic carbocycles. The van der Waals surface area contributed by atoms with E-state index in [1.165, 1.54) is 0 Å². The van der Waals surface area contributed by atoms with Gasteiger partial charge in [0.05, 0.1) is 0 Å². The van der Waals surface area contributed by atoms with Gasteiger partial charge in [0.25, 0.3) is 5.91 Å². The summed E-state index contributed by atoms with van der Waals surface area (Å²) in [6.07, 6.45) is 0.440. The summed E-state index contributed by atoms with van der Waals surface area (Å²) < 4.78 is 0. The van der Waals surface area contributed by atoms with E-state index in [2.05, 4.69) is 26.3 Å². The lowest BCUT2D eigenvalue weighted by Crippen LogP contribution is -2.40. The zero-order valence-corrected chi connectivity index (χ0v) is 19.5. The van der Waals surface area contributed by atoms with Crippen LogP contribution in [0.4, 0.5) is 5.69 Å². The number of fused-ring (bicyclic) bond motifs is 1. The van der Waals surface area contributed by atoms with Crippen LogP contribution in [0.15, 0.2) is 53.5 Å². The lowest BCUT2D eigenvalue weighted by atomic mass is 9.90. The molecule has 0 aromatic heterocycles. The first-order chi connectivity index (χ1) is 14.1. The maximum atomic E-state index is 12.0. The first kappa shape index (κ1) is 23.7. The van der Waals surface area contributed by atoms with E-state index in [-0.39, 0.29) is 41.7 Å². The normalized spacial score (nSPS) is 15.3. The van der Waals surface area contributed by atoms with Crippen molar-refractivity contribution in [2.24, 2.45) is 4.99 Å². The van der Waals surface area contributed by atoms with E-state index in [9.17, 15) is 9.59 Å². The summed E-state index contributed by atoms with van der Waals surface area (Å²) in [4.78, 5) is 28.2. The van der Waals surface area contributed by atoms with Crippen molar-refractivity contribution < 1.29 is 9.59 Å². The fraction of sp³-hybridized carbons (Fsp3) is 0.318. The van der Waals surface area contributed by atoms with Crippen LogP contribution in [-0.2, 0) is 11.3 Å². The second-order valence-electron chi connectivity index (χ2n) is 6.90. The van der Waals surface area contributed by atoms with Gasteiger partial charge in [-0.2, -0.15) is 0 Å². The van der Waals surface area contributed by atoms with Gasteiger partial charge in [-0.25, -0.2) is 0 Å². The van der Waals surface area contributed by atoms with Gasteiger partial charge in [-0.1, -0.05) is 30.3 Å². The van der Waals surface area contributed by atoms with E-state index in [4.69, 9.17) is 0 Å². The van der Waals surface area contributed by atoms with E-state index in [1.807, 2.05) is 49.4 Å². The summed E-state index contributed by atoms with van der Waals surface area (Å²) in [6.45, 7) is 3.63. The molecule has 2 amide bonds. The van der Waals surface area contributed by atoms with E-state index in [0.717, 1.165) is 16.8 Å². The highest BCUT2D eigenvalue weighted by molar-refractivity contribution is 14.0. The predicted octanol–water partition coefficient (Wildman–Crippen LogP) is 2.85. The Balaban J connectivity index is 0.00000320. The maximum absolute atomic E-state index is 12.0. The SMILES string of the molecule is CCNC(=O)c1cccc(CNC(=NC)NCC2CC(=O)Nc3ccccc32)c1.I. The van der Waals surface area contributed by atoms with E-state index in [1.54, 1.807) is 13.1 Å². The number of para-hydroxylation sites is 1. The molecule has 1 atom stereocenters. The number of benzene rings is 2. The minimum absolute atomic E-state index is 0. The molecule has 1 unspecified atom stereocenters. The molecule has 30 heavy (non-hydrogen) atoms. The Morgan fingerprint density at radius 2 is 1.93 bits per heavy atom. The Labute approximate surface area is 194 Å². The molecule has 1 aliphatic heterocycles. The van der Waals surface area contributed by atoms with Crippen LogP contribution < -0.4 is 21.3 Å². The quantitative estimate of drug-likeness (QED) is 0.267. The highest BCUT2D eigenvalue weighted by Crippen LogP contribution is 2.31. The average molecular weight is 521 g/mol. The van der Waals surface area contributed by atoms with Crippen LogP contribution in [0.1, 0.15) is 40.7 Å². The Kier molecular flexibility index (Phi) is 9.10. The molecule has 0 fully saturated rings. The number of guanidine groups is 1. The van der Waals surface area contributed by atoms with Crippen molar-refractivity contribution in [1.29, 1.82) is 0 Å². The summed E-state index contributed by atoms with van der Waals surface area (Å²) in [7, 11) is 1.71. The number of aliphatic imine (C=N–C) groups is 1. The standard InChI is InChI=1S/C22H27N5O2.HI/c1-3-24-21(29)16-8-6-7-15(11-16)13-25-22(23-2)26-14-17-12-20(28)27-19-10-5-4-9-18(17)19;/h4-11,17H,3,12-14H2,1-2H3,(H,24,29)(H,27,28)(H2,23,25,26);1H. The number of amides is 2. The molecule has 0 saturated carbocycles. The van der Waals surface area contributed by atoms with Gasteiger partial charge in [0.2, 0.25) is 5.91 Å². The minimum Gasteiger partial charge on any atom is -0.356 e. The molecule has 3 rings (SSSR count). The third-order valence-corrected chi connectivity index (χ3v) is 4.83. The number of halogens is 1. The molecule has 0 saturated heterocycles. The summed E-state index contributed by atoms with van der Waals surface area (Å²) >= 11 is 0. The molecule has 7 nitrogen and oxygen atoms in total. The van der Waals surface area contributed by atoms with Crippen molar-refractivity contribution in [1.82, 2.24) is 16.0 Å². The van der Waals surface area contributed by atoms with Gasteiger partial charge in [0, 0.05) is 50.3 Å². The smallest absolute Gasteiger partial charge is 0.251 e. The van der Waals surface area contributed by atoms with Crippen LogP contribution in [0.25, 0.3) is 0 Å². The Morgan fingerprint density at radius 1 is 1.13 bits per heavy atom. The Morgan fingerprint density at radius 3 is 2.70 bits per heavy atom. The van der Waals surface area contributed by atoms with Gasteiger partial charge >= 0.3 is 0 Å². The minimum atomic E-state index is -0.0777. The molecule has 160 valence electrons. The van der Waals surface area contributed by atoms with E-state index in [0.29, 0.717) is 37.6 Å². The number of hydrogen-bond acceptors (Lipinski definition) is 3. The number of rotatable bonds is 6. The summed E-state index contributed by atoms with van der Waals surface area (Å²) in [5, 5.41) is 12.3. The molecule has 0 spiro atoms. The second-order valence-corrected chi connectivity index (χ2v) is 6.90. The van der Waals surface area contributed by atoms with Crippen molar-refractivity contribution in [2.45, 2.75) is 25.8 Å². The first-order valence-corrected chi connectivity index (χ1v) is 9.81. The monoisotopic (exact) mass is 521 g/mol. The lowest BCUT2D eigenvalue weighted by molar-refractivity contribution is -0.116. The highest BCUT2D eigenvalue weighted by Gasteiger charge is 2.24. The second kappa shape index (κ2) is 11.5. The van der Waals surface area contributed by atoms with Crippen LogP contribution in [0.3, 0.4) is 0 Å². The van der Waals surface area contributed by atoms with Gasteiger partial charge in [0.15, 0.2) is 5.96 Å². The molecule has 0 radical (unpaired) electrons. The van der Waals surface area contributed by atoms with Gasteiger partial charge in [-0.15, -0.1) is 24.0 Å². The summed E-state index contributed by atoms with van der Waals surface area (Å²) in [5.74, 6) is 0.683. The van der Waals surface area contributed by atoms with E-state index >= 15 is 0 Å². The number of hydrogen-bond donors (Lipinski definition) is 4. The molecular formula is C22H28IN5O2. The van der Waals surface area contributed by atoms with Crippen molar-refractivity contribution in [3.63, 3.8) is 0 Å². The summed E-state index contributed by atoms with van der Waals surface area (Å²) in [6, 6.07) is 15.4. The van der Waals surface area contributed by atoms with Crippen LogP contribution >= 0.6 is 24.0 Å². The number of carbonyl (C=O) groups is 2. The summed E-state index contributed by atoms with van der Waals surface area (Å²) in [5.41, 5.74) is 3.63. The molecule has 4 N–H and O–H groups in total. The third-order valence-electron chi connectivity index (χ3n) is 4.83. The van der Waals surface area contributed by atoms with Crippen molar-refractivity contribution in [2.75, 3.05) is 25.5 Å². The predicted molar refractivity (Wildman–Crippen MR) is 130 cm³/mol. The van der Waals surface area contributed by atoms with Crippen molar-refractivity contribution in [3.8, 4) is 0 Å². The van der Waals surface area contributed by atoms with E-state index < -0.39 is 0 Å². The van der Waals surface area contributed by atoms with Crippen LogP contribution in [-0.4, -0.2) is 37.9 Å². The first-order valence-electron chi connectivity index (χ1n) is 9.81. The van der Waals surface area contributed by atoms with Crippen LogP contribution in [0.2, 0.25) is 0 Å². The molecule has 1 aliphatic rings. The molecule has 0 bridgehead atoms. The molecule has 1 heterocycles. The van der Waals surface area contributed by atoms with Crippen LogP contribution in [0.5, 0.6) is 0 Å². The molecule has 2 aromatic carbocycles. The van der Waals surface area contributed by atoms with Crippen LogP contribution in [0, 0.1) is 0 Å². The number of nitrogens with zero attached hydrogens (tertiary/aromatic N) is 1. The molecule has 2 aromatic rings. The van der Waals surface area contributed by atoms with Crippen molar-refractivity contribution in [3.05, 3.63) is 65.2 Å². The lowest BCUT2D eigenvalue weighted by Gasteiger charge is -2.26. The topological polar surface area (TPSA) is 94.6 Å². The van der Waals surface area contributed by atoms with Gasteiger partial charge in [-0.3, -0.25) is 14.6 Å². The molecule has 8 heteroatoms. The fourth-order valence-corrected chi connectivity index (χ4v) is 3.40. The highest BCUT2D eigenvalue weighted by atomic mass is 127. The van der Waals surface area contributed by atoms with Gasteiger partial charge in [-0.05, 0) is 36.2 Å². The number of carbonyl (C=O) groups excluding carboxylic acids is 2. The molecular weight excluding hydrogens is 493 g/mol. The van der Waals surface area contributed by atoms with Gasteiger partial charge in [0.1, 0.15) is 0 Å².